The van der Waals surface area contributed by atoms with E-state index in [0.29, 0.717) is 6.61 Å². The summed E-state index contributed by atoms with van der Waals surface area (Å²) >= 11 is 1.93. The molecule has 0 amide bonds. The monoisotopic (exact) mass is 478 g/mol. The summed E-state index contributed by atoms with van der Waals surface area (Å²) in [5, 5.41) is 0.181. The quantitative estimate of drug-likeness (QED) is 0.219. The van der Waals surface area contributed by atoms with E-state index in [9.17, 15) is 0 Å². The van der Waals surface area contributed by atoms with Gasteiger partial charge in [-0.05, 0) is 34.8 Å². The molecule has 1 atom stereocenters. The van der Waals surface area contributed by atoms with E-state index in [1.165, 1.54) is 16.7 Å². The maximum Gasteiger partial charge on any atom is 0.192 e. The van der Waals surface area contributed by atoms with Gasteiger partial charge in [-0.25, -0.2) is 0 Å². The van der Waals surface area contributed by atoms with E-state index in [1.54, 1.807) is 7.11 Å². The third kappa shape index (κ3) is 5.99. The molecule has 33 heavy (non-hydrogen) atoms. The first-order valence-corrected chi connectivity index (χ1v) is 15.6. The second kappa shape index (κ2) is 11.0. The van der Waals surface area contributed by atoms with E-state index in [0.717, 1.165) is 5.75 Å². The van der Waals surface area contributed by atoms with E-state index in [4.69, 9.17) is 9.16 Å². The van der Waals surface area contributed by atoms with Crippen molar-refractivity contribution < 1.29 is 9.16 Å². The van der Waals surface area contributed by atoms with E-state index in [1.807, 2.05) is 11.8 Å². The summed E-state index contributed by atoms with van der Waals surface area (Å²) < 4.78 is 12.1. The van der Waals surface area contributed by atoms with E-state index < -0.39 is 8.32 Å². The van der Waals surface area contributed by atoms with E-state index in [2.05, 4.69) is 125 Å². The first-order chi connectivity index (χ1) is 15.7. The molecule has 0 spiro atoms. The molecule has 0 N–H and O–H groups in total. The molecule has 3 aromatic rings. The van der Waals surface area contributed by atoms with Gasteiger partial charge in [0, 0.05) is 12.9 Å². The zero-order chi connectivity index (χ0) is 24.0. The number of thioether (sulfide) groups is 1. The highest BCUT2D eigenvalue weighted by molar-refractivity contribution is 8.00. The van der Waals surface area contributed by atoms with E-state index in [-0.39, 0.29) is 15.9 Å². The van der Waals surface area contributed by atoms with Gasteiger partial charge >= 0.3 is 0 Å². The van der Waals surface area contributed by atoms with Gasteiger partial charge in [-0.15, -0.1) is 11.8 Å². The molecular weight excluding hydrogens is 440 g/mol. The third-order valence-corrected chi connectivity index (χ3v) is 13.0. The van der Waals surface area contributed by atoms with Crippen LogP contribution >= 0.6 is 11.8 Å². The summed E-state index contributed by atoms with van der Waals surface area (Å²) in [5.41, 5.74) is 3.81. The van der Waals surface area contributed by atoms with Gasteiger partial charge in [0.15, 0.2) is 8.32 Å². The first-order valence-electron chi connectivity index (χ1n) is 11.7. The third-order valence-electron chi connectivity index (χ3n) is 6.80. The normalized spacial score (nSPS) is 13.6. The van der Waals surface area contributed by atoms with Crippen LogP contribution in [0.5, 0.6) is 0 Å². The molecule has 0 aliphatic rings. The Morgan fingerprint density at radius 1 is 0.727 bits per heavy atom. The van der Waals surface area contributed by atoms with Crippen LogP contribution in [0.25, 0.3) is 0 Å². The van der Waals surface area contributed by atoms with Crippen molar-refractivity contribution in [3.05, 3.63) is 108 Å². The summed E-state index contributed by atoms with van der Waals surface area (Å²) in [5.74, 6) is 0.823. The number of benzene rings is 3. The van der Waals surface area contributed by atoms with Crippen LogP contribution in [-0.2, 0) is 13.9 Å². The first kappa shape index (κ1) is 25.8. The second-order valence-corrected chi connectivity index (χ2v) is 16.1. The topological polar surface area (TPSA) is 18.5 Å². The zero-order valence-electron chi connectivity index (χ0n) is 20.9. The van der Waals surface area contributed by atoms with Gasteiger partial charge in [0.1, 0.15) is 0 Å². The molecule has 0 unspecified atom stereocenters. The van der Waals surface area contributed by atoms with Gasteiger partial charge in [-0.3, -0.25) is 0 Å². The van der Waals surface area contributed by atoms with Crippen LogP contribution in [0.15, 0.2) is 91.0 Å². The van der Waals surface area contributed by atoms with Crippen LogP contribution in [0.3, 0.4) is 0 Å². The molecule has 0 fully saturated rings. The smallest absolute Gasteiger partial charge is 0.192 e. The van der Waals surface area contributed by atoms with Crippen LogP contribution in [0, 0.1) is 0 Å². The van der Waals surface area contributed by atoms with Crippen molar-refractivity contribution in [3.8, 4) is 0 Å². The molecule has 0 heterocycles. The molecule has 0 bridgehead atoms. The standard InChI is InChI=1S/C29H38O2SSi/c1-28(2,3)33(5,6)31-22-27(30-4)23-32-29(24-16-10-7-11-17-24,25-18-12-8-13-19-25)26-20-14-9-15-21-26/h7-21,27H,22-23H2,1-6H3/t27-/m0/s1. The van der Waals surface area contributed by atoms with Gasteiger partial charge in [0.05, 0.1) is 17.5 Å². The second-order valence-electron chi connectivity index (χ2n) is 10.0. The average Bonchev–Trinajstić information content (AvgIpc) is 2.82. The minimum Gasteiger partial charge on any atom is -0.414 e. The average molecular weight is 479 g/mol. The van der Waals surface area contributed by atoms with Gasteiger partial charge in [-0.1, -0.05) is 112 Å². The molecule has 2 nitrogen and oxygen atoms in total. The van der Waals surface area contributed by atoms with Crippen molar-refractivity contribution in [2.24, 2.45) is 0 Å². The summed E-state index contributed by atoms with van der Waals surface area (Å²) in [7, 11) is -0.0388. The van der Waals surface area contributed by atoms with Crippen molar-refractivity contribution in [3.63, 3.8) is 0 Å². The Morgan fingerprint density at radius 3 is 1.45 bits per heavy atom. The highest BCUT2D eigenvalue weighted by Crippen LogP contribution is 2.48. The number of ether oxygens (including phenoxy) is 1. The number of hydrogen-bond donors (Lipinski definition) is 0. The Morgan fingerprint density at radius 2 is 1.12 bits per heavy atom. The Labute approximate surface area is 205 Å². The SMILES string of the molecule is CO[C@@H](CO[Si](C)(C)C(C)(C)C)CSC(c1ccccc1)(c1ccccc1)c1ccccc1. The number of hydrogen-bond acceptors (Lipinski definition) is 3. The molecule has 4 heteroatoms. The maximum atomic E-state index is 6.53. The highest BCUT2D eigenvalue weighted by atomic mass is 32.2. The van der Waals surface area contributed by atoms with Gasteiger partial charge in [-0.2, -0.15) is 0 Å². The van der Waals surface area contributed by atoms with Crippen LogP contribution in [0.1, 0.15) is 37.5 Å². The predicted molar refractivity (Wildman–Crippen MR) is 146 cm³/mol. The Balaban J connectivity index is 1.97. The molecule has 0 saturated heterocycles. The van der Waals surface area contributed by atoms with Gasteiger partial charge < -0.3 is 9.16 Å². The summed E-state index contributed by atoms with van der Waals surface area (Å²) in [4.78, 5) is 0. The summed E-state index contributed by atoms with van der Waals surface area (Å²) in [6.07, 6.45) is 0.0136. The summed E-state index contributed by atoms with van der Waals surface area (Å²) in [6, 6.07) is 32.5. The fraction of sp³-hybridized carbons (Fsp3) is 0.379. The minimum absolute atomic E-state index is 0.0136. The number of methoxy groups -OCH3 is 1. The minimum atomic E-state index is -1.84. The molecule has 3 rings (SSSR count). The lowest BCUT2D eigenvalue weighted by Gasteiger charge is -2.38. The van der Waals surface area contributed by atoms with Crippen molar-refractivity contribution >= 4 is 20.1 Å². The fourth-order valence-corrected chi connectivity index (χ4v) is 6.30. The Kier molecular flexibility index (Phi) is 8.63. The largest absolute Gasteiger partial charge is 0.414 e. The molecular formula is C29H38O2SSi. The molecule has 0 aliphatic carbocycles. The van der Waals surface area contributed by atoms with Crippen molar-refractivity contribution in [1.29, 1.82) is 0 Å². The molecule has 0 aliphatic heterocycles. The lowest BCUT2D eigenvalue weighted by molar-refractivity contribution is 0.0695. The summed E-state index contributed by atoms with van der Waals surface area (Å²) in [6.45, 7) is 12.1. The van der Waals surface area contributed by atoms with Crippen molar-refractivity contribution in [2.45, 2.75) is 49.8 Å². The zero-order valence-corrected chi connectivity index (χ0v) is 22.7. The van der Waals surface area contributed by atoms with Crippen LogP contribution in [-0.4, -0.2) is 33.9 Å². The van der Waals surface area contributed by atoms with Crippen LogP contribution in [0.4, 0.5) is 0 Å². The predicted octanol–water partition coefficient (Wildman–Crippen LogP) is 7.75. The molecule has 0 aromatic heterocycles. The van der Waals surface area contributed by atoms with E-state index >= 15 is 0 Å². The van der Waals surface area contributed by atoms with Crippen LogP contribution < -0.4 is 0 Å². The van der Waals surface area contributed by atoms with Crippen molar-refractivity contribution in [1.82, 2.24) is 0 Å². The van der Waals surface area contributed by atoms with Crippen LogP contribution in [0.2, 0.25) is 18.1 Å². The Hall–Kier alpha value is -1.85. The maximum absolute atomic E-state index is 6.53. The lowest BCUT2D eigenvalue weighted by atomic mass is 9.84. The van der Waals surface area contributed by atoms with Crippen molar-refractivity contribution in [2.75, 3.05) is 19.5 Å². The highest BCUT2D eigenvalue weighted by Gasteiger charge is 2.39. The fourth-order valence-electron chi connectivity index (χ4n) is 3.69. The molecule has 3 aromatic carbocycles. The molecule has 0 saturated carbocycles. The van der Waals surface area contributed by atoms with Gasteiger partial charge in [0.25, 0.3) is 0 Å². The molecule has 0 radical (unpaired) electrons. The number of rotatable bonds is 10. The lowest BCUT2D eigenvalue weighted by Crippen LogP contribution is -2.43. The Bertz CT molecular complexity index is 872. The molecule has 176 valence electrons. The van der Waals surface area contributed by atoms with Gasteiger partial charge in [0.2, 0.25) is 0 Å².